The molecule has 138 valence electrons. The highest BCUT2D eigenvalue weighted by molar-refractivity contribution is 6.32. The van der Waals surface area contributed by atoms with Gasteiger partial charge in [0.15, 0.2) is 0 Å². The van der Waals surface area contributed by atoms with Gasteiger partial charge in [0.05, 0.1) is 24.9 Å². The number of carbonyl (C=O) groups is 1. The van der Waals surface area contributed by atoms with E-state index in [1.54, 1.807) is 31.6 Å². The summed E-state index contributed by atoms with van der Waals surface area (Å²) in [6, 6.07) is 7.31. The molecular formula is C19H22ClN3O3. The summed E-state index contributed by atoms with van der Waals surface area (Å²) < 4.78 is 10.5. The van der Waals surface area contributed by atoms with E-state index in [0.29, 0.717) is 22.2 Å². The minimum absolute atomic E-state index is 0.0149. The molecule has 0 bridgehead atoms. The number of piperidine rings is 1. The van der Waals surface area contributed by atoms with Gasteiger partial charge in [-0.3, -0.25) is 9.78 Å². The first-order valence-electron chi connectivity index (χ1n) is 8.49. The SMILES string of the molecule is COc1cc(OC)c(NC(=O)C2CCN(c3ccncc3)CC2)cc1Cl. The molecule has 3 rings (SSSR count). The van der Waals surface area contributed by atoms with E-state index in [-0.39, 0.29) is 11.8 Å². The number of nitrogens with zero attached hydrogens (tertiary/aromatic N) is 2. The number of anilines is 2. The lowest BCUT2D eigenvalue weighted by Gasteiger charge is -2.33. The van der Waals surface area contributed by atoms with Gasteiger partial charge < -0.3 is 19.7 Å². The topological polar surface area (TPSA) is 63.7 Å². The molecule has 0 atom stereocenters. The zero-order valence-corrected chi connectivity index (χ0v) is 15.6. The number of ether oxygens (including phenoxy) is 2. The molecular weight excluding hydrogens is 354 g/mol. The smallest absolute Gasteiger partial charge is 0.227 e. The van der Waals surface area contributed by atoms with E-state index in [1.165, 1.54) is 7.11 Å². The molecule has 1 aliphatic rings. The van der Waals surface area contributed by atoms with Gasteiger partial charge in [-0.25, -0.2) is 0 Å². The van der Waals surface area contributed by atoms with Crippen LogP contribution in [-0.4, -0.2) is 38.2 Å². The van der Waals surface area contributed by atoms with E-state index >= 15 is 0 Å². The van der Waals surface area contributed by atoms with Gasteiger partial charge in [0.2, 0.25) is 5.91 Å². The van der Waals surface area contributed by atoms with E-state index in [9.17, 15) is 4.79 Å². The number of hydrogen-bond donors (Lipinski definition) is 1. The van der Waals surface area contributed by atoms with Crippen molar-refractivity contribution in [1.82, 2.24) is 4.98 Å². The maximum absolute atomic E-state index is 12.7. The van der Waals surface area contributed by atoms with Gasteiger partial charge >= 0.3 is 0 Å². The second-order valence-electron chi connectivity index (χ2n) is 6.14. The quantitative estimate of drug-likeness (QED) is 0.864. The highest BCUT2D eigenvalue weighted by Gasteiger charge is 2.26. The van der Waals surface area contributed by atoms with Gasteiger partial charge in [-0.05, 0) is 31.0 Å². The summed E-state index contributed by atoms with van der Waals surface area (Å²) in [7, 11) is 3.08. The first-order valence-corrected chi connectivity index (χ1v) is 8.87. The number of amides is 1. The third-order valence-electron chi connectivity index (χ3n) is 4.63. The molecule has 2 heterocycles. The summed E-state index contributed by atoms with van der Waals surface area (Å²) in [6.45, 7) is 1.67. The van der Waals surface area contributed by atoms with Crippen molar-refractivity contribution < 1.29 is 14.3 Å². The fourth-order valence-electron chi connectivity index (χ4n) is 3.15. The largest absolute Gasteiger partial charge is 0.495 e. The monoisotopic (exact) mass is 375 g/mol. The average Bonchev–Trinajstić information content (AvgIpc) is 2.69. The summed E-state index contributed by atoms with van der Waals surface area (Å²) in [5, 5.41) is 3.37. The number of halogens is 1. The Labute approximate surface area is 158 Å². The van der Waals surface area contributed by atoms with Crippen LogP contribution < -0.4 is 19.7 Å². The molecule has 0 aliphatic carbocycles. The fourth-order valence-corrected chi connectivity index (χ4v) is 3.39. The van der Waals surface area contributed by atoms with E-state index in [1.807, 2.05) is 12.1 Å². The van der Waals surface area contributed by atoms with Crippen molar-refractivity contribution in [3.8, 4) is 11.5 Å². The van der Waals surface area contributed by atoms with Crippen LogP contribution >= 0.6 is 11.6 Å². The number of carbonyl (C=O) groups excluding carboxylic acids is 1. The Morgan fingerprint density at radius 3 is 2.42 bits per heavy atom. The Kier molecular flexibility index (Phi) is 5.83. The zero-order valence-electron chi connectivity index (χ0n) is 14.9. The summed E-state index contributed by atoms with van der Waals surface area (Å²) in [5.74, 6) is 0.971. The predicted octanol–water partition coefficient (Wildman–Crippen LogP) is 3.61. The van der Waals surface area contributed by atoms with Crippen LogP contribution in [0, 0.1) is 5.92 Å². The number of aromatic nitrogens is 1. The molecule has 1 fully saturated rings. The molecule has 1 amide bonds. The third-order valence-corrected chi connectivity index (χ3v) is 4.92. The van der Waals surface area contributed by atoms with E-state index in [0.717, 1.165) is 31.6 Å². The van der Waals surface area contributed by atoms with Gasteiger partial charge in [0.1, 0.15) is 11.5 Å². The molecule has 0 radical (unpaired) electrons. The van der Waals surface area contributed by atoms with Gasteiger partial charge in [-0.2, -0.15) is 0 Å². The molecule has 1 aliphatic heterocycles. The van der Waals surface area contributed by atoms with Crippen LogP contribution in [0.5, 0.6) is 11.5 Å². The van der Waals surface area contributed by atoms with Gasteiger partial charge in [-0.15, -0.1) is 0 Å². The van der Waals surface area contributed by atoms with Crippen molar-refractivity contribution in [2.45, 2.75) is 12.8 Å². The van der Waals surface area contributed by atoms with Crippen LogP contribution in [0.4, 0.5) is 11.4 Å². The van der Waals surface area contributed by atoms with Crippen molar-refractivity contribution >= 4 is 28.9 Å². The fraction of sp³-hybridized carbons (Fsp3) is 0.368. The van der Waals surface area contributed by atoms with Gasteiger partial charge in [0, 0.05) is 43.2 Å². The summed E-state index contributed by atoms with van der Waals surface area (Å²) in [5.41, 5.74) is 1.70. The summed E-state index contributed by atoms with van der Waals surface area (Å²) in [6.07, 6.45) is 5.16. The average molecular weight is 376 g/mol. The summed E-state index contributed by atoms with van der Waals surface area (Å²) >= 11 is 6.17. The number of hydrogen-bond acceptors (Lipinski definition) is 5. The second kappa shape index (κ2) is 8.27. The zero-order chi connectivity index (χ0) is 18.5. The molecule has 2 aromatic rings. The van der Waals surface area contributed by atoms with Crippen molar-refractivity contribution in [3.05, 3.63) is 41.7 Å². The Morgan fingerprint density at radius 2 is 1.81 bits per heavy atom. The minimum Gasteiger partial charge on any atom is -0.495 e. The third kappa shape index (κ3) is 4.02. The standard InChI is InChI=1S/C19H22ClN3O3/c1-25-17-12-18(26-2)16(11-15(17)20)22-19(24)13-5-9-23(10-6-13)14-3-7-21-8-4-14/h3-4,7-8,11-13H,5-6,9-10H2,1-2H3,(H,22,24). The normalized spacial score (nSPS) is 14.8. The van der Waals surface area contributed by atoms with Crippen LogP contribution in [0.2, 0.25) is 5.02 Å². The van der Waals surface area contributed by atoms with E-state index < -0.39 is 0 Å². The van der Waals surface area contributed by atoms with Crippen LogP contribution in [-0.2, 0) is 4.79 Å². The molecule has 0 saturated carbocycles. The molecule has 1 saturated heterocycles. The van der Waals surface area contributed by atoms with E-state index in [4.69, 9.17) is 21.1 Å². The highest BCUT2D eigenvalue weighted by atomic mass is 35.5. The first kappa shape index (κ1) is 18.3. The van der Waals surface area contributed by atoms with Crippen LogP contribution in [0.15, 0.2) is 36.7 Å². The van der Waals surface area contributed by atoms with Crippen LogP contribution in [0.25, 0.3) is 0 Å². The lowest BCUT2D eigenvalue weighted by atomic mass is 9.95. The maximum atomic E-state index is 12.7. The molecule has 1 aromatic heterocycles. The molecule has 7 heteroatoms. The lowest BCUT2D eigenvalue weighted by molar-refractivity contribution is -0.120. The first-order chi connectivity index (χ1) is 12.6. The van der Waals surface area contributed by atoms with Crippen LogP contribution in [0.3, 0.4) is 0 Å². The van der Waals surface area contributed by atoms with Gasteiger partial charge in [0.25, 0.3) is 0 Å². The Bertz CT molecular complexity index is 762. The number of rotatable bonds is 5. The summed E-state index contributed by atoms with van der Waals surface area (Å²) in [4.78, 5) is 19.0. The lowest BCUT2D eigenvalue weighted by Crippen LogP contribution is -2.38. The Hall–Kier alpha value is -2.47. The molecule has 6 nitrogen and oxygen atoms in total. The molecule has 0 spiro atoms. The van der Waals surface area contributed by atoms with Crippen molar-refractivity contribution in [2.75, 3.05) is 37.5 Å². The molecule has 1 aromatic carbocycles. The molecule has 1 N–H and O–H groups in total. The Balaban J connectivity index is 1.64. The number of benzene rings is 1. The molecule has 26 heavy (non-hydrogen) atoms. The maximum Gasteiger partial charge on any atom is 0.227 e. The van der Waals surface area contributed by atoms with E-state index in [2.05, 4.69) is 15.2 Å². The van der Waals surface area contributed by atoms with Crippen molar-refractivity contribution in [1.29, 1.82) is 0 Å². The van der Waals surface area contributed by atoms with Crippen molar-refractivity contribution in [3.63, 3.8) is 0 Å². The van der Waals surface area contributed by atoms with Crippen molar-refractivity contribution in [2.24, 2.45) is 5.92 Å². The number of pyridine rings is 1. The van der Waals surface area contributed by atoms with Gasteiger partial charge in [-0.1, -0.05) is 11.6 Å². The second-order valence-corrected chi connectivity index (χ2v) is 6.55. The van der Waals surface area contributed by atoms with Crippen LogP contribution in [0.1, 0.15) is 12.8 Å². The minimum atomic E-state index is -0.0429. The Morgan fingerprint density at radius 1 is 1.15 bits per heavy atom. The highest BCUT2D eigenvalue weighted by Crippen LogP contribution is 2.36. The molecule has 0 unspecified atom stereocenters. The number of methoxy groups -OCH3 is 2. The number of nitrogens with one attached hydrogen (secondary N) is 1. The predicted molar refractivity (Wildman–Crippen MR) is 102 cm³/mol.